The Balaban J connectivity index is 0.00000225. The van der Waals surface area contributed by atoms with Gasteiger partial charge in [-0.2, -0.15) is 0 Å². The fourth-order valence-electron chi connectivity index (χ4n) is 2.96. The quantitative estimate of drug-likeness (QED) is 0.512. The number of hydrogen-bond acceptors (Lipinski definition) is 4. The second-order valence-electron chi connectivity index (χ2n) is 6.54. The summed E-state index contributed by atoms with van der Waals surface area (Å²) in [6.45, 7) is 1.69. The first-order chi connectivity index (χ1) is 13.7. The van der Waals surface area contributed by atoms with Gasteiger partial charge in [0.05, 0.1) is 11.8 Å². The zero-order valence-corrected chi connectivity index (χ0v) is 18.1. The summed E-state index contributed by atoms with van der Waals surface area (Å²) in [6.07, 6.45) is 2.87. The summed E-state index contributed by atoms with van der Waals surface area (Å²) in [5, 5.41) is 0. The van der Waals surface area contributed by atoms with Gasteiger partial charge in [-0.1, -0.05) is 42.5 Å². The number of amides is 1. The van der Waals surface area contributed by atoms with E-state index < -0.39 is 0 Å². The molecule has 5 nitrogen and oxygen atoms in total. The topological polar surface area (TPSA) is 72.4 Å². The van der Waals surface area contributed by atoms with Gasteiger partial charge in [-0.25, -0.2) is 9.37 Å². The maximum atomic E-state index is 13.9. The van der Waals surface area contributed by atoms with Crippen molar-refractivity contribution in [3.63, 3.8) is 0 Å². The Morgan fingerprint density at radius 1 is 1.07 bits per heavy atom. The van der Waals surface area contributed by atoms with Gasteiger partial charge < -0.3 is 15.1 Å². The number of rotatable bonds is 9. The minimum absolute atomic E-state index is 0. The van der Waals surface area contributed by atoms with Crippen LogP contribution in [0.1, 0.15) is 24.3 Å². The van der Waals surface area contributed by atoms with Crippen molar-refractivity contribution in [1.29, 1.82) is 0 Å². The predicted octanol–water partition coefficient (Wildman–Crippen LogP) is 4.63. The van der Waals surface area contributed by atoms with E-state index >= 15 is 0 Å². The van der Waals surface area contributed by atoms with E-state index in [1.807, 2.05) is 35.2 Å². The molecule has 30 heavy (non-hydrogen) atoms. The van der Waals surface area contributed by atoms with Gasteiger partial charge in [0.1, 0.15) is 5.82 Å². The Kier molecular flexibility index (Phi) is 11.1. The lowest BCUT2D eigenvalue weighted by Gasteiger charge is -2.22. The minimum atomic E-state index is -0.364. The Labute approximate surface area is 188 Å². The van der Waals surface area contributed by atoms with Crippen LogP contribution in [-0.4, -0.2) is 28.9 Å². The molecule has 0 bridgehead atoms. The van der Waals surface area contributed by atoms with E-state index in [2.05, 4.69) is 4.98 Å². The standard InChI is InChI=1S/C22H24FN3O2.2ClH/c23-19-10-5-4-9-18(19)20-15-25-21(28-20)11-12-22(27)26(14-6-13-24)16-17-7-2-1-3-8-17;;/h1-5,7-10,15H,6,11-14,16,24H2;2*1H. The third-order valence-corrected chi connectivity index (χ3v) is 4.45. The van der Waals surface area contributed by atoms with Crippen LogP contribution in [0.4, 0.5) is 4.39 Å². The van der Waals surface area contributed by atoms with Crippen molar-refractivity contribution in [3.05, 3.63) is 78.1 Å². The molecule has 0 aliphatic rings. The average molecular weight is 454 g/mol. The Hall–Kier alpha value is -2.41. The molecule has 0 fully saturated rings. The molecule has 0 aliphatic carbocycles. The number of aryl methyl sites for hydroxylation is 1. The molecule has 3 rings (SSSR count). The number of benzene rings is 2. The van der Waals surface area contributed by atoms with Crippen molar-refractivity contribution in [2.75, 3.05) is 13.1 Å². The maximum Gasteiger partial charge on any atom is 0.223 e. The van der Waals surface area contributed by atoms with Crippen LogP contribution in [0.3, 0.4) is 0 Å². The highest BCUT2D eigenvalue weighted by atomic mass is 35.5. The number of oxazole rings is 1. The third-order valence-electron chi connectivity index (χ3n) is 4.45. The Morgan fingerprint density at radius 3 is 2.47 bits per heavy atom. The smallest absolute Gasteiger partial charge is 0.223 e. The largest absolute Gasteiger partial charge is 0.441 e. The van der Waals surface area contributed by atoms with Gasteiger partial charge in [-0.15, -0.1) is 24.8 Å². The van der Waals surface area contributed by atoms with E-state index in [9.17, 15) is 9.18 Å². The highest BCUT2D eigenvalue weighted by Crippen LogP contribution is 2.23. The van der Waals surface area contributed by atoms with Gasteiger partial charge in [-0.3, -0.25) is 4.79 Å². The van der Waals surface area contributed by atoms with Crippen LogP contribution in [0, 0.1) is 5.82 Å². The van der Waals surface area contributed by atoms with E-state index in [4.69, 9.17) is 10.2 Å². The molecule has 8 heteroatoms. The van der Waals surface area contributed by atoms with E-state index in [0.717, 1.165) is 12.0 Å². The fourth-order valence-corrected chi connectivity index (χ4v) is 2.96. The molecule has 1 aromatic heterocycles. The normalized spacial score (nSPS) is 10.1. The summed E-state index contributed by atoms with van der Waals surface area (Å²) in [5.74, 6) is 0.440. The van der Waals surface area contributed by atoms with E-state index in [1.54, 1.807) is 18.2 Å². The molecular weight excluding hydrogens is 428 g/mol. The van der Waals surface area contributed by atoms with Gasteiger partial charge in [0, 0.05) is 25.9 Å². The molecule has 2 aromatic carbocycles. The van der Waals surface area contributed by atoms with E-state index in [0.29, 0.717) is 43.3 Å². The summed E-state index contributed by atoms with van der Waals surface area (Å²) in [6, 6.07) is 16.2. The van der Waals surface area contributed by atoms with Crippen molar-refractivity contribution in [2.24, 2.45) is 5.73 Å². The van der Waals surface area contributed by atoms with Crippen LogP contribution >= 0.6 is 24.8 Å². The first-order valence-electron chi connectivity index (χ1n) is 9.38. The van der Waals surface area contributed by atoms with Crippen molar-refractivity contribution >= 4 is 30.7 Å². The summed E-state index contributed by atoms with van der Waals surface area (Å²) < 4.78 is 19.5. The highest BCUT2D eigenvalue weighted by molar-refractivity contribution is 5.85. The van der Waals surface area contributed by atoms with Crippen molar-refractivity contribution in [2.45, 2.75) is 25.8 Å². The van der Waals surface area contributed by atoms with E-state index in [-0.39, 0.29) is 43.0 Å². The SMILES string of the molecule is Cl.Cl.NCCCN(Cc1ccccc1)C(=O)CCc1ncc(-c2ccccc2F)o1. The number of aromatic nitrogens is 1. The lowest BCUT2D eigenvalue weighted by Crippen LogP contribution is -2.32. The van der Waals surface area contributed by atoms with Crippen molar-refractivity contribution < 1.29 is 13.6 Å². The first-order valence-corrected chi connectivity index (χ1v) is 9.38. The number of nitrogens with two attached hydrogens (primary N) is 1. The van der Waals surface area contributed by atoms with Crippen LogP contribution in [0.15, 0.2) is 65.2 Å². The number of nitrogens with zero attached hydrogens (tertiary/aromatic N) is 2. The molecule has 0 saturated heterocycles. The van der Waals surface area contributed by atoms with Gasteiger partial charge in [0.25, 0.3) is 0 Å². The average Bonchev–Trinajstić information content (AvgIpc) is 3.19. The molecule has 1 heterocycles. The van der Waals surface area contributed by atoms with Crippen LogP contribution in [-0.2, 0) is 17.8 Å². The highest BCUT2D eigenvalue weighted by Gasteiger charge is 2.16. The number of carbonyl (C=O) groups excluding carboxylic acids is 1. The molecule has 162 valence electrons. The summed E-state index contributed by atoms with van der Waals surface area (Å²) in [7, 11) is 0. The molecule has 1 amide bonds. The molecule has 0 unspecified atom stereocenters. The number of halogens is 3. The summed E-state index contributed by atoms with van der Waals surface area (Å²) >= 11 is 0. The molecule has 0 spiro atoms. The number of carbonyl (C=O) groups is 1. The molecule has 0 radical (unpaired) electrons. The van der Waals surface area contributed by atoms with Gasteiger partial charge in [0.15, 0.2) is 11.7 Å². The van der Waals surface area contributed by atoms with Crippen molar-refractivity contribution in [3.8, 4) is 11.3 Å². The van der Waals surface area contributed by atoms with Gasteiger partial charge in [0.2, 0.25) is 5.91 Å². The third kappa shape index (κ3) is 7.13. The van der Waals surface area contributed by atoms with Gasteiger partial charge in [-0.05, 0) is 30.7 Å². The lowest BCUT2D eigenvalue weighted by atomic mass is 10.2. The van der Waals surface area contributed by atoms with Crippen LogP contribution in [0.2, 0.25) is 0 Å². The molecule has 0 aliphatic heterocycles. The first kappa shape index (κ1) is 25.6. The Bertz CT molecular complexity index is 906. The monoisotopic (exact) mass is 453 g/mol. The fraction of sp³-hybridized carbons (Fsp3) is 0.273. The molecule has 0 atom stereocenters. The number of hydrogen-bond donors (Lipinski definition) is 1. The molecule has 0 saturated carbocycles. The van der Waals surface area contributed by atoms with Crippen molar-refractivity contribution in [1.82, 2.24) is 9.88 Å². The van der Waals surface area contributed by atoms with E-state index in [1.165, 1.54) is 12.3 Å². The van der Waals surface area contributed by atoms with Crippen LogP contribution in [0.25, 0.3) is 11.3 Å². The second kappa shape index (κ2) is 13.0. The molecule has 2 N–H and O–H groups in total. The summed E-state index contributed by atoms with van der Waals surface area (Å²) in [5.41, 5.74) is 7.05. The predicted molar refractivity (Wildman–Crippen MR) is 120 cm³/mol. The Morgan fingerprint density at radius 2 is 1.77 bits per heavy atom. The molecular formula is C22H26Cl2FN3O2. The summed E-state index contributed by atoms with van der Waals surface area (Å²) in [4.78, 5) is 18.7. The second-order valence-corrected chi connectivity index (χ2v) is 6.54. The zero-order valence-electron chi connectivity index (χ0n) is 16.5. The maximum absolute atomic E-state index is 13.9. The zero-order chi connectivity index (χ0) is 19.8. The van der Waals surface area contributed by atoms with Crippen LogP contribution < -0.4 is 5.73 Å². The minimum Gasteiger partial charge on any atom is -0.441 e. The lowest BCUT2D eigenvalue weighted by molar-refractivity contribution is -0.131. The van der Waals surface area contributed by atoms with Gasteiger partial charge >= 0.3 is 0 Å². The molecule has 3 aromatic rings. The van der Waals surface area contributed by atoms with Crippen LogP contribution in [0.5, 0.6) is 0 Å².